The van der Waals surface area contributed by atoms with Gasteiger partial charge < -0.3 is 10.5 Å². The lowest BCUT2D eigenvalue weighted by Crippen LogP contribution is -2.02. The van der Waals surface area contributed by atoms with Crippen LogP contribution >= 0.6 is 11.6 Å². The fourth-order valence-corrected chi connectivity index (χ4v) is 2.88. The summed E-state index contributed by atoms with van der Waals surface area (Å²) in [6, 6.07) is 19.4. The fourth-order valence-electron chi connectivity index (χ4n) is 2.69. The molecule has 1 aromatic heterocycles. The number of ether oxygens (including phenoxy) is 1. The van der Waals surface area contributed by atoms with Crippen LogP contribution in [0.3, 0.4) is 0 Å². The molecule has 1 heterocycles. The number of rotatable bonds is 5. The quantitative estimate of drug-likeness (QED) is 0.536. The van der Waals surface area contributed by atoms with Crippen LogP contribution in [-0.2, 0) is 6.61 Å². The Morgan fingerprint density at radius 3 is 2.70 bits per heavy atom. The number of aromatic nitrogens is 4. The van der Waals surface area contributed by atoms with Crippen molar-refractivity contribution in [1.82, 2.24) is 20.3 Å². The Bertz CT molecular complexity index is 1120. The summed E-state index contributed by atoms with van der Waals surface area (Å²) < 4.78 is 6.04. The zero-order chi connectivity index (χ0) is 18.6. The third kappa shape index (κ3) is 3.58. The number of hydrogen-bond donors (Lipinski definition) is 1. The highest BCUT2D eigenvalue weighted by atomic mass is 35.5. The summed E-state index contributed by atoms with van der Waals surface area (Å²) in [5, 5.41) is 17.8. The third-order valence-corrected chi connectivity index (χ3v) is 4.41. The van der Waals surface area contributed by atoms with Crippen molar-refractivity contribution in [2.45, 2.75) is 6.61 Å². The van der Waals surface area contributed by atoms with E-state index in [2.05, 4.69) is 20.6 Å². The standard InChI is InChI=1S/C19H15ClN6O/c20-17-8-4-2-6-14(17)12-27-18-10-9-13-5-1-3-7-15(13)16(18)11-22-26-19(21)23-24-25-26/h1-11H,12H2,(H2,21,23,25). The van der Waals surface area contributed by atoms with Crippen molar-refractivity contribution in [3.63, 3.8) is 0 Å². The second kappa shape index (κ2) is 7.43. The molecular formula is C19H15ClN6O. The lowest BCUT2D eigenvalue weighted by Gasteiger charge is -2.12. The maximum atomic E-state index is 6.23. The van der Waals surface area contributed by atoms with Crippen molar-refractivity contribution in [2.75, 3.05) is 5.73 Å². The Morgan fingerprint density at radius 1 is 1.07 bits per heavy atom. The van der Waals surface area contributed by atoms with Crippen LogP contribution in [0.25, 0.3) is 10.8 Å². The van der Waals surface area contributed by atoms with E-state index < -0.39 is 0 Å². The molecule has 0 saturated carbocycles. The molecule has 4 rings (SSSR count). The fraction of sp³-hybridized carbons (Fsp3) is 0.0526. The number of anilines is 1. The smallest absolute Gasteiger partial charge is 0.263 e. The van der Waals surface area contributed by atoms with Gasteiger partial charge in [0.2, 0.25) is 0 Å². The molecule has 0 aliphatic carbocycles. The van der Waals surface area contributed by atoms with E-state index in [0.717, 1.165) is 26.7 Å². The number of nitrogens with zero attached hydrogens (tertiary/aromatic N) is 5. The molecule has 0 amide bonds. The van der Waals surface area contributed by atoms with Crippen molar-refractivity contribution in [3.8, 4) is 5.75 Å². The molecule has 2 N–H and O–H groups in total. The van der Waals surface area contributed by atoms with Crippen LogP contribution in [0.1, 0.15) is 11.1 Å². The molecule has 4 aromatic rings. The zero-order valence-corrected chi connectivity index (χ0v) is 14.9. The lowest BCUT2D eigenvalue weighted by molar-refractivity contribution is 0.306. The minimum atomic E-state index is 0.102. The molecule has 0 aliphatic heterocycles. The Balaban J connectivity index is 1.72. The van der Waals surface area contributed by atoms with E-state index in [1.807, 2.05) is 60.7 Å². The Hall–Kier alpha value is -3.45. The maximum absolute atomic E-state index is 6.23. The van der Waals surface area contributed by atoms with Gasteiger partial charge in [0.05, 0.1) is 6.21 Å². The van der Waals surface area contributed by atoms with Gasteiger partial charge in [-0.05, 0) is 33.3 Å². The molecule has 3 aromatic carbocycles. The molecule has 0 aliphatic rings. The average molecular weight is 379 g/mol. The first-order valence-corrected chi connectivity index (χ1v) is 8.56. The molecule has 0 radical (unpaired) electrons. The molecule has 0 spiro atoms. The van der Waals surface area contributed by atoms with E-state index in [1.54, 1.807) is 6.21 Å². The van der Waals surface area contributed by atoms with Crippen molar-refractivity contribution in [2.24, 2.45) is 5.10 Å². The first-order valence-electron chi connectivity index (χ1n) is 8.18. The molecule has 0 unspecified atom stereocenters. The summed E-state index contributed by atoms with van der Waals surface area (Å²) in [6.07, 6.45) is 1.64. The molecule has 0 atom stereocenters. The normalized spacial score (nSPS) is 11.3. The number of hydrogen-bond acceptors (Lipinski definition) is 6. The van der Waals surface area contributed by atoms with E-state index >= 15 is 0 Å². The molecule has 0 bridgehead atoms. The lowest BCUT2D eigenvalue weighted by atomic mass is 10.0. The minimum Gasteiger partial charge on any atom is -0.488 e. The van der Waals surface area contributed by atoms with Gasteiger partial charge in [0, 0.05) is 16.1 Å². The summed E-state index contributed by atoms with van der Waals surface area (Å²) >= 11 is 6.23. The third-order valence-electron chi connectivity index (χ3n) is 4.04. The summed E-state index contributed by atoms with van der Waals surface area (Å²) in [6.45, 7) is 0.339. The number of halogens is 1. The van der Waals surface area contributed by atoms with Gasteiger partial charge in [-0.25, -0.2) is 0 Å². The van der Waals surface area contributed by atoms with Crippen molar-refractivity contribution in [1.29, 1.82) is 0 Å². The summed E-state index contributed by atoms with van der Waals surface area (Å²) in [5.41, 5.74) is 7.38. The molecule has 27 heavy (non-hydrogen) atoms. The highest BCUT2D eigenvalue weighted by Gasteiger charge is 2.09. The number of benzene rings is 3. The van der Waals surface area contributed by atoms with Gasteiger partial charge in [0.15, 0.2) is 0 Å². The predicted octanol–water partition coefficient (Wildman–Crippen LogP) is 3.52. The molecule has 7 nitrogen and oxygen atoms in total. The largest absolute Gasteiger partial charge is 0.488 e. The van der Waals surface area contributed by atoms with Crippen LogP contribution in [0.4, 0.5) is 5.95 Å². The summed E-state index contributed by atoms with van der Waals surface area (Å²) in [7, 11) is 0. The van der Waals surface area contributed by atoms with Gasteiger partial charge in [-0.2, -0.15) is 5.10 Å². The van der Waals surface area contributed by atoms with E-state index in [0.29, 0.717) is 17.4 Å². The van der Waals surface area contributed by atoms with Crippen molar-refractivity contribution < 1.29 is 4.74 Å². The van der Waals surface area contributed by atoms with Crippen LogP contribution in [-0.4, -0.2) is 26.5 Å². The van der Waals surface area contributed by atoms with Gasteiger partial charge in [-0.1, -0.05) is 70.0 Å². The highest BCUT2D eigenvalue weighted by molar-refractivity contribution is 6.31. The maximum Gasteiger partial charge on any atom is 0.263 e. The Morgan fingerprint density at radius 2 is 1.89 bits per heavy atom. The number of nitrogen functional groups attached to an aromatic ring is 1. The zero-order valence-electron chi connectivity index (χ0n) is 14.2. The van der Waals surface area contributed by atoms with Crippen LogP contribution in [0.2, 0.25) is 5.02 Å². The molecule has 0 saturated heterocycles. The van der Waals surface area contributed by atoms with Crippen LogP contribution in [0.5, 0.6) is 5.75 Å². The van der Waals surface area contributed by atoms with Gasteiger partial charge >= 0.3 is 0 Å². The van der Waals surface area contributed by atoms with Crippen molar-refractivity contribution >= 4 is 34.5 Å². The molecule has 134 valence electrons. The Labute approximate surface area is 160 Å². The molecule has 8 heteroatoms. The predicted molar refractivity (Wildman–Crippen MR) is 105 cm³/mol. The second-order valence-corrected chi connectivity index (χ2v) is 6.16. The average Bonchev–Trinajstić information content (AvgIpc) is 3.10. The van der Waals surface area contributed by atoms with Gasteiger partial charge in [0.1, 0.15) is 12.4 Å². The summed E-state index contributed by atoms with van der Waals surface area (Å²) in [4.78, 5) is 1.15. The number of tetrazole rings is 1. The minimum absolute atomic E-state index is 0.102. The second-order valence-electron chi connectivity index (χ2n) is 5.75. The van der Waals surface area contributed by atoms with Crippen LogP contribution in [0, 0.1) is 0 Å². The first-order chi connectivity index (χ1) is 13.2. The first kappa shape index (κ1) is 17.0. The summed E-state index contributed by atoms with van der Waals surface area (Å²) in [5.74, 6) is 0.772. The highest BCUT2D eigenvalue weighted by Crippen LogP contribution is 2.28. The SMILES string of the molecule is Nc1nnnn1N=Cc1c(OCc2ccccc2Cl)ccc2ccccc12. The van der Waals surface area contributed by atoms with E-state index in [9.17, 15) is 0 Å². The van der Waals surface area contributed by atoms with Crippen molar-refractivity contribution in [3.05, 3.63) is 76.8 Å². The van der Waals surface area contributed by atoms with E-state index in [-0.39, 0.29) is 5.95 Å². The number of fused-ring (bicyclic) bond motifs is 1. The van der Waals surface area contributed by atoms with Gasteiger partial charge in [0.25, 0.3) is 5.95 Å². The van der Waals surface area contributed by atoms with Gasteiger partial charge in [-0.15, -0.1) is 0 Å². The molecule has 0 fully saturated rings. The van der Waals surface area contributed by atoms with E-state index in [1.165, 1.54) is 0 Å². The number of nitrogens with two attached hydrogens (primary N) is 1. The van der Waals surface area contributed by atoms with Gasteiger partial charge in [-0.3, -0.25) is 0 Å². The Kier molecular flexibility index (Phi) is 4.67. The molecular weight excluding hydrogens is 364 g/mol. The van der Waals surface area contributed by atoms with Crippen LogP contribution in [0.15, 0.2) is 65.8 Å². The monoisotopic (exact) mass is 378 g/mol. The van der Waals surface area contributed by atoms with E-state index in [4.69, 9.17) is 22.1 Å². The topological polar surface area (TPSA) is 91.2 Å². The van der Waals surface area contributed by atoms with Crippen LogP contribution < -0.4 is 10.5 Å².